The molecule has 0 unspecified atom stereocenters. The van der Waals surface area contributed by atoms with Gasteiger partial charge in [0.15, 0.2) is 5.17 Å². The Morgan fingerprint density at radius 3 is 2.10 bits per heavy atom. The maximum absolute atomic E-state index is 13.1. The van der Waals surface area contributed by atoms with Gasteiger partial charge in [0.1, 0.15) is 0 Å². The Bertz CT molecular complexity index is 1730. The topological polar surface area (TPSA) is 46.4 Å². The summed E-state index contributed by atoms with van der Waals surface area (Å²) in [4.78, 5) is 18.1. The van der Waals surface area contributed by atoms with E-state index in [0.717, 1.165) is 33.8 Å². The average Bonchev–Trinajstić information content (AvgIpc) is 3.52. The van der Waals surface area contributed by atoms with Crippen LogP contribution in [0.2, 0.25) is 10.0 Å². The van der Waals surface area contributed by atoms with Gasteiger partial charge in [0.05, 0.1) is 32.0 Å². The third-order valence-electron chi connectivity index (χ3n) is 6.25. The van der Waals surface area contributed by atoms with Crippen LogP contribution in [-0.4, -0.2) is 15.6 Å². The molecular formula is C32H21Cl2N3OS. The van der Waals surface area contributed by atoms with Crippen LogP contribution in [0.5, 0.6) is 0 Å². The quantitative estimate of drug-likeness (QED) is 0.216. The van der Waals surface area contributed by atoms with E-state index in [4.69, 9.17) is 23.2 Å². The van der Waals surface area contributed by atoms with E-state index in [9.17, 15) is 4.79 Å². The van der Waals surface area contributed by atoms with Gasteiger partial charge in [-0.25, -0.2) is 4.99 Å². The molecule has 6 rings (SSSR count). The highest BCUT2D eigenvalue weighted by Gasteiger charge is 2.26. The Hall–Kier alpha value is -4.03. The predicted octanol–water partition coefficient (Wildman–Crippen LogP) is 9.01. The van der Waals surface area contributed by atoms with E-state index in [-0.39, 0.29) is 5.91 Å². The molecule has 0 atom stereocenters. The van der Waals surface area contributed by atoms with Crippen molar-refractivity contribution in [2.75, 3.05) is 0 Å². The Morgan fingerprint density at radius 2 is 1.41 bits per heavy atom. The number of hydrogen-bond acceptors (Lipinski definition) is 3. The highest BCUT2D eigenvalue weighted by Crippen LogP contribution is 2.39. The number of aromatic nitrogens is 1. The number of carbonyl (C=O) groups is 1. The average molecular weight is 567 g/mol. The van der Waals surface area contributed by atoms with Crippen LogP contribution in [0.1, 0.15) is 5.56 Å². The summed E-state index contributed by atoms with van der Waals surface area (Å²) in [5.74, 6) is -0.218. The maximum atomic E-state index is 13.1. The van der Waals surface area contributed by atoms with Crippen molar-refractivity contribution >= 4 is 57.8 Å². The number of para-hydroxylation sites is 1. The zero-order valence-electron chi connectivity index (χ0n) is 20.5. The van der Waals surface area contributed by atoms with Gasteiger partial charge < -0.3 is 9.88 Å². The number of halogens is 2. The first-order valence-corrected chi connectivity index (χ1v) is 13.8. The number of nitrogens with zero attached hydrogens (tertiary/aromatic N) is 2. The van der Waals surface area contributed by atoms with E-state index >= 15 is 0 Å². The summed E-state index contributed by atoms with van der Waals surface area (Å²) in [6, 6.07) is 38.1. The molecule has 7 heteroatoms. The lowest BCUT2D eigenvalue weighted by Gasteiger charge is -2.15. The fourth-order valence-electron chi connectivity index (χ4n) is 4.51. The van der Waals surface area contributed by atoms with Crippen LogP contribution in [-0.2, 0) is 4.79 Å². The molecule has 4 aromatic carbocycles. The van der Waals surface area contributed by atoms with Crippen LogP contribution in [0.15, 0.2) is 125 Å². The molecule has 0 bridgehead atoms. The highest BCUT2D eigenvalue weighted by molar-refractivity contribution is 8.18. The van der Waals surface area contributed by atoms with Crippen molar-refractivity contribution in [3.63, 3.8) is 0 Å². The SMILES string of the molecule is O=C1NC(=Nc2cccc(Cl)c2Cl)S/C1=C/c1cc(-c2ccccc2)n(-c2ccccc2)c1-c1ccccc1. The van der Waals surface area contributed by atoms with Crippen molar-refractivity contribution in [2.24, 2.45) is 4.99 Å². The number of rotatable bonds is 5. The molecule has 0 aliphatic carbocycles. The van der Waals surface area contributed by atoms with Gasteiger partial charge in [-0.3, -0.25) is 4.79 Å². The zero-order chi connectivity index (χ0) is 26.8. The fraction of sp³-hybridized carbons (Fsp3) is 0. The summed E-state index contributed by atoms with van der Waals surface area (Å²) in [6.07, 6.45) is 1.93. The van der Waals surface area contributed by atoms with Crippen molar-refractivity contribution in [3.8, 4) is 28.2 Å². The van der Waals surface area contributed by atoms with Crippen LogP contribution in [0.4, 0.5) is 5.69 Å². The largest absolute Gasteiger partial charge is 0.309 e. The maximum Gasteiger partial charge on any atom is 0.264 e. The molecule has 1 aromatic heterocycles. The van der Waals surface area contributed by atoms with Crippen LogP contribution >= 0.6 is 35.0 Å². The smallest absolute Gasteiger partial charge is 0.264 e. The second kappa shape index (κ2) is 11.0. The third kappa shape index (κ3) is 5.17. The molecular weight excluding hydrogens is 545 g/mol. The molecule has 1 saturated heterocycles. The molecule has 5 aromatic rings. The fourth-order valence-corrected chi connectivity index (χ4v) is 5.67. The lowest BCUT2D eigenvalue weighted by Crippen LogP contribution is -2.19. The highest BCUT2D eigenvalue weighted by atomic mass is 35.5. The number of benzene rings is 4. The third-order valence-corrected chi connectivity index (χ3v) is 7.97. The molecule has 2 heterocycles. The Balaban J connectivity index is 1.52. The van der Waals surface area contributed by atoms with E-state index in [0.29, 0.717) is 25.8 Å². The molecule has 1 N–H and O–H groups in total. The van der Waals surface area contributed by atoms with Crippen LogP contribution in [0.3, 0.4) is 0 Å². The first kappa shape index (κ1) is 25.3. The molecule has 1 amide bonds. The molecule has 4 nitrogen and oxygen atoms in total. The molecule has 1 aliphatic rings. The Morgan fingerprint density at radius 1 is 0.769 bits per heavy atom. The first-order valence-electron chi connectivity index (χ1n) is 12.2. The van der Waals surface area contributed by atoms with Gasteiger partial charge in [-0.1, -0.05) is 108 Å². The van der Waals surface area contributed by atoms with Crippen molar-refractivity contribution in [3.05, 3.63) is 136 Å². The first-order chi connectivity index (χ1) is 19.1. The number of thioether (sulfide) groups is 1. The minimum atomic E-state index is -0.218. The van der Waals surface area contributed by atoms with Crippen molar-refractivity contribution < 1.29 is 4.79 Å². The monoisotopic (exact) mass is 565 g/mol. The summed E-state index contributed by atoms with van der Waals surface area (Å²) in [6.45, 7) is 0. The molecule has 190 valence electrons. The molecule has 1 fully saturated rings. The summed E-state index contributed by atoms with van der Waals surface area (Å²) in [5, 5.41) is 4.06. The van der Waals surface area contributed by atoms with Crippen LogP contribution in [0.25, 0.3) is 34.3 Å². The van der Waals surface area contributed by atoms with Gasteiger partial charge >= 0.3 is 0 Å². The van der Waals surface area contributed by atoms with Crippen molar-refractivity contribution in [1.29, 1.82) is 0 Å². The van der Waals surface area contributed by atoms with Gasteiger partial charge in [0.25, 0.3) is 5.91 Å². The van der Waals surface area contributed by atoms with E-state index < -0.39 is 0 Å². The Kier molecular flexibility index (Phi) is 7.12. The second-order valence-electron chi connectivity index (χ2n) is 8.79. The summed E-state index contributed by atoms with van der Waals surface area (Å²) >= 11 is 13.7. The second-order valence-corrected chi connectivity index (χ2v) is 10.6. The standard InChI is InChI=1S/C32H21Cl2N3OS/c33-25-17-10-18-26(29(25)34)35-32-36-31(38)28(39-32)20-23-19-27(21-11-4-1-5-12-21)37(24-15-8-3-9-16-24)30(23)22-13-6-2-7-14-22/h1-20H,(H,35,36,38)/b28-20+. The van der Waals surface area contributed by atoms with Crippen molar-refractivity contribution in [2.45, 2.75) is 0 Å². The van der Waals surface area contributed by atoms with Crippen LogP contribution in [0, 0.1) is 0 Å². The van der Waals surface area contributed by atoms with Gasteiger partial charge in [-0.2, -0.15) is 0 Å². The van der Waals surface area contributed by atoms with E-state index in [2.05, 4.69) is 57.3 Å². The number of carbonyl (C=O) groups excluding carboxylic acids is 1. The number of aliphatic imine (C=N–C) groups is 1. The predicted molar refractivity (Wildman–Crippen MR) is 164 cm³/mol. The normalized spacial score (nSPS) is 15.2. The summed E-state index contributed by atoms with van der Waals surface area (Å²) < 4.78 is 2.25. The van der Waals surface area contributed by atoms with Crippen LogP contribution < -0.4 is 5.32 Å². The molecule has 0 spiro atoms. The zero-order valence-corrected chi connectivity index (χ0v) is 22.8. The lowest BCUT2D eigenvalue weighted by molar-refractivity contribution is -0.115. The number of nitrogens with one attached hydrogen (secondary N) is 1. The van der Waals surface area contributed by atoms with Gasteiger partial charge in [0, 0.05) is 11.3 Å². The minimum absolute atomic E-state index is 0.218. The van der Waals surface area contributed by atoms with E-state index in [1.807, 2.05) is 60.7 Å². The molecule has 0 radical (unpaired) electrons. The molecule has 0 saturated carbocycles. The van der Waals surface area contributed by atoms with Gasteiger partial charge in [-0.05, 0) is 59.3 Å². The minimum Gasteiger partial charge on any atom is -0.309 e. The molecule has 1 aliphatic heterocycles. The van der Waals surface area contributed by atoms with Gasteiger partial charge in [-0.15, -0.1) is 0 Å². The lowest BCUT2D eigenvalue weighted by atomic mass is 10.1. The molecule has 39 heavy (non-hydrogen) atoms. The number of amidine groups is 1. The van der Waals surface area contributed by atoms with Gasteiger partial charge in [0.2, 0.25) is 0 Å². The van der Waals surface area contributed by atoms with Crippen molar-refractivity contribution in [1.82, 2.24) is 9.88 Å². The summed E-state index contributed by atoms with van der Waals surface area (Å²) in [7, 11) is 0. The number of amides is 1. The Labute approximate surface area is 240 Å². The van der Waals surface area contributed by atoms with E-state index in [1.165, 1.54) is 11.8 Å². The summed E-state index contributed by atoms with van der Waals surface area (Å²) in [5.41, 5.74) is 6.58. The van der Waals surface area contributed by atoms with E-state index in [1.54, 1.807) is 18.2 Å². The number of hydrogen-bond donors (Lipinski definition) is 1.